The zero-order valence-corrected chi connectivity index (χ0v) is 17.0. The molecule has 0 radical (unpaired) electrons. The van der Waals surface area contributed by atoms with E-state index in [2.05, 4.69) is 26.6 Å². The molecule has 0 saturated heterocycles. The molecule has 2 aromatic heterocycles. The molecule has 1 saturated carbocycles. The van der Waals surface area contributed by atoms with Crippen LogP contribution in [0.1, 0.15) is 30.8 Å². The van der Waals surface area contributed by atoms with Crippen LogP contribution in [0.5, 0.6) is 0 Å². The molecule has 9 heteroatoms. The number of anilines is 1. The molecule has 0 aliphatic heterocycles. The van der Waals surface area contributed by atoms with Gasteiger partial charge in [0, 0.05) is 13.1 Å². The van der Waals surface area contributed by atoms with Gasteiger partial charge in [0.1, 0.15) is 5.01 Å². The third-order valence-corrected chi connectivity index (χ3v) is 7.45. The molecule has 1 amide bonds. The molecular formula is C17H19N5OS3. The summed E-state index contributed by atoms with van der Waals surface area (Å²) in [5.41, 5.74) is 0.985. The highest BCUT2D eigenvalue weighted by Crippen LogP contribution is 2.32. The van der Waals surface area contributed by atoms with Crippen LogP contribution >= 0.6 is 34.4 Å². The van der Waals surface area contributed by atoms with Gasteiger partial charge in [-0.1, -0.05) is 35.2 Å². The van der Waals surface area contributed by atoms with E-state index < -0.39 is 0 Å². The van der Waals surface area contributed by atoms with E-state index in [4.69, 9.17) is 0 Å². The molecule has 1 N–H and O–H groups in total. The number of para-hydroxylation sites is 1. The van der Waals surface area contributed by atoms with Gasteiger partial charge < -0.3 is 10.2 Å². The first-order valence-electron chi connectivity index (χ1n) is 8.44. The van der Waals surface area contributed by atoms with Crippen molar-refractivity contribution in [2.75, 3.05) is 18.1 Å². The van der Waals surface area contributed by atoms with Crippen LogP contribution in [-0.2, 0) is 4.79 Å². The zero-order chi connectivity index (χ0) is 18.1. The van der Waals surface area contributed by atoms with Gasteiger partial charge in [-0.2, -0.15) is 0 Å². The van der Waals surface area contributed by atoms with Crippen molar-refractivity contribution < 1.29 is 4.79 Å². The number of benzene rings is 1. The smallest absolute Gasteiger partial charge is 0.233 e. The quantitative estimate of drug-likeness (QED) is 0.598. The molecular weight excluding hydrogens is 386 g/mol. The minimum absolute atomic E-state index is 0.0537. The van der Waals surface area contributed by atoms with E-state index in [9.17, 15) is 4.79 Å². The van der Waals surface area contributed by atoms with Crippen molar-refractivity contribution >= 4 is 55.7 Å². The van der Waals surface area contributed by atoms with Gasteiger partial charge in [-0.25, -0.2) is 4.98 Å². The van der Waals surface area contributed by atoms with Crippen LogP contribution in [-0.4, -0.2) is 44.8 Å². The second-order valence-corrected chi connectivity index (χ2v) is 9.54. The van der Waals surface area contributed by atoms with Gasteiger partial charge in [0.15, 0.2) is 4.34 Å². The first-order chi connectivity index (χ1) is 12.6. The second kappa shape index (κ2) is 7.50. The first-order valence-corrected chi connectivity index (χ1v) is 11.1. The molecule has 1 fully saturated rings. The summed E-state index contributed by atoms with van der Waals surface area (Å²) in [5, 5.41) is 13.4. The Hall–Kier alpha value is -1.71. The Bertz CT molecular complexity index is 887. The molecule has 6 nitrogen and oxygen atoms in total. The van der Waals surface area contributed by atoms with E-state index in [0.717, 1.165) is 24.7 Å². The summed E-state index contributed by atoms with van der Waals surface area (Å²) in [7, 11) is 1.83. The first kappa shape index (κ1) is 17.7. The van der Waals surface area contributed by atoms with Gasteiger partial charge in [0.25, 0.3) is 0 Å². The molecule has 4 rings (SSSR count). The fourth-order valence-electron chi connectivity index (χ4n) is 2.40. The Morgan fingerprint density at radius 1 is 1.35 bits per heavy atom. The van der Waals surface area contributed by atoms with Gasteiger partial charge in [-0.05, 0) is 31.9 Å². The standard InChI is InChI=1S/C17H19N5OS3/c1-10(15-19-12-5-3-4-6-13(12)25-15)22(2)14(23)9-24-17-21-20-16(26-17)18-11-7-8-11/h3-6,10-11H,7-9H2,1-2H3,(H,18,20)/t10-/m0/s1. The Balaban J connectivity index is 1.35. The largest absolute Gasteiger partial charge is 0.357 e. The summed E-state index contributed by atoms with van der Waals surface area (Å²) in [4.78, 5) is 19.0. The zero-order valence-electron chi connectivity index (χ0n) is 14.5. The van der Waals surface area contributed by atoms with Gasteiger partial charge in [-0.3, -0.25) is 4.79 Å². The fourth-order valence-corrected chi connectivity index (χ4v) is 5.22. The number of hydrogen-bond acceptors (Lipinski definition) is 8. The fraction of sp³-hybridized carbons (Fsp3) is 0.412. The van der Waals surface area contributed by atoms with Crippen LogP contribution in [0, 0.1) is 0 Å². The van der Waals surface area contributed by atoms with E-state index in [0.29, 0.717) is 11.8 Å². The van der Waals surface area contributed by atoms with Crippen LogP contribution < -0.4 is 5.32 Å². The Morgan fingerprint density at radius 3 is 2.92 bits per heavy atom. The minimum Gasteiger partial charge on any atom is -0.357 e. The van der Waals surface area contributed by atoms with E-state index in [1.165, 1.54) is 35.9 Å². The molecule has 3 aromatic rings. The Kier molecular flexibility index (Phi) is 5.10. The lowest BCUT2D eigenvalue weighted by atomic mass is 10.3. The van der Waals surface area contributed by atoms with Crippen molar-refractivity contribution in [3.05, 3.63) is 29.3 Å². The van der Waals surface area contributed by atoms with Crippen molar-refractivity contribution in [3.63, 3.8) is 0 Å². The predicted molar refractivity (Wildman–Crippen MR) is 108 cm³/mol. The van der Waals surface area contributed by atoms with Crippen molar-refractivity contribution in [1.29, 1.82) is 0 Å². The maximum Gasteiger partial charge on any atom is 0.233 e. The topological polar surface area (TPSA) is 71.0 Å². The summed E-state index contributed by atoms with van der Waals surface area (Å²) in [6.45, 7) is 2.02. The van der Waals surface area contributed by atoms with E-state index in [1.54, 1.807) is 16.2 Å². The van der Waals surface area contributed by atoms with E-state index >= 15 is 0 Å². The number of rotatable bonds is 7. The number of carbonyl (C=O) groups excluding carboxylic acids is 1. The summed E-state index contributed by atoms with van der Waals surface area (Å²) >= 11 is 4.59. The SMILES string of the molecule is C[C@@H](c1nc2ccccc2s1)N(C)C(=O)CSc1nnc(NC2CC2)s1. The molecule has 1 aliphatic rings. The number of thiazole rings is 1. The van der Waals surface area contributed by atoms with Gasteiger partial charge in [0.2, 0.25) is 11.0 Å². The molecule has 0 unspecified atom stereocenters. The highest BCUT2D eigenvalue weighted by atomic mass is 32.2. The lowest BCUT2D eigenvalue weighted by molar-refractivity contribution is -0.128. The Morgan fingerprint density at radius 2 is 2.15 bits per heavy atom. The second-order valence-electron chi connectivity index (χ2n) is 6.28. The highest BCUT2D eigenvalue weighted by molar-refractivity contribution is 8.01. The number of fused-ring (bicyclic) bond motifs is 1. The lowest BCUT2D eigenvalue weighted by Crippen LogP contribution is -2.31. The number of aromatic nitrogens is 3. The summed E-state index contributed by atoms with van der Waals surface area (Å²) in [6.07, 6.45) is 2.41. The van der Waals surface area contributed by atoms with Crippen LogP contribution in [0.25, 0.3) is 10.2 Å². The minimum atomic E-state index is -0.0537. The number of nitrogens with one attached hydrogen (secondary N) is 1. The summed E-state index contributed by atoms with van der Waals surface area (Å²) in [5.74, 6) is 0.415. The predicted octanol–water partition coefficient (Wildman–Crippen LogP) is 4.03. The van der Waals surface area contributed by atoms with Crippen molar-refractivity contribution in [3.8, 4) is 0 Å². The summed E-state index contributed by atoms with van der Waals surface area (Å²) < 4.78 is 1.97. The number of nitrogens with zero attached hydrogens (tertiary/aromatic N) is 4. The Labute approximate surface area is 164 Å². The molecule has 26 heavy (non-hydrogen) atoms. The third kappa shape index (κ3) is 3.99. The lowest BCUT2D eigenvalue weighted by Gasteiger charge is -2.22. The van der Waals surface area contributed by atoms with Crippen LogP contribution in [0.3, 0.4) is 0 Å². The highest BCUT2D eigenvalue weighted by Gasteiger charge is 2.23. The van der Waals surface area contributed by atoms with Crippen molar-refractivity contribution in [2.24, 2.45) is 0 Å². The maximum atomic E-state index is 12.6. The average Bonchev–Trinajstić information content (AvgIpc) is 3.18. The molecule has 1 aromatic carbocycles. The van der Waals surface area contributed by atoms with Gasteiger partial charge in [-0.15, -0.1) is 21.5 Å². The van der Waals surface area contributed by atoms with Gasteiger partial charge in [0.05, 0.1) is 22.0 Å². The summed E-state index contributed by atoms with van der Waals surface area (Å²) in [6, 6.07) is 8.56. The van der Waals surface area contributed by atoms with Crippen LogP contribution in [0.2, 0.25) is 0 Å². The molecule has 1 atom stereocenters. The number of amides is 1. The molecule has 2 heterocycles. The van der Waals surface area contributed by atoms with E-state index in [1.807, 2.05) is 32.2 Å². The van der Waals surface area contributed by atoms with Crippen molar-refractivity contribution in [2.45, 2.75) is 36.2 Å². The number of carbonyl (C=O) groups is 1. The van der Waals surface area contributed by atoms with Crippen LogP contribution in [0.4, 0.5) is 5.13 Å². The number of thioether (sulfide) groups is 1. The third-order valence-electron chi connectivity index (χ3n) is 4.27. The molecule has 0 spiro atoms. The normalized spacial score (nSPS) is 15.2. The molecule has 1 aliphatic carbocycles. The van der Waals surface area contributed by atoms with Crippen molar-refractivity contribution in [1.82, 2.24) is 20.1 Å². The van der Waals surface area contributed by atoms with Crippen LogP contribution in [0.15, 0.2) is 28.6 Å². The number of hydrogen-bond donors (Lipinski definition) is 1. The molecule has 136 valence electrons. The maximum absolute atomic E-state index is 12.6. The molecule has 0 bridgehead atoms. The average molecular weight is 406 g/mol. The van der Waals surface area contributed by atoms with E-state index in [-0.39, 0.29) is 11.9 Å². The monoisotopic (exact) mass is 405 g/mol. The van der Waals surface area contributed by atoms with Gasteiger partial charge >= 0.3 is 0 Å².